The first-order valence-corrected chi connectivity index (χ1v) is 7.44. The third-order valence-electron chi connectivity index (χ3n) is 4.63. The van der Waals surface area contributed by atoms with Crippen LogP contribution in [0.3, 0.4) is 0 Å². The van der Waals surface area contributed by atoms with Gasteiger partial charge in [0.2, 0.25) is 5.91 Å². The van der Waals surface area contributed by atoms with Gasteiger partial charge in [0.1, 0.15) is 6.04 Å². The van der Waals surface area contributed by atoms with Crippen LogP contribution in [0, 0.1) is 11.3 Å². The van der Waals surface area contributed by atoms with E-state index in [-0.39, 0.29) is 17.2 Å². The van der Waals surface area contributed by atoms with Gasteiger partial charge in [-0.3, -0.25) is 4.79 Å². The highest BCUT2D eigenvalue weighted by Crippen LogP contribution is 2.39. The summed E-state index contributed by atoms with van der Waals surface area (Å²) in [5.41, 5.74) is 0.215. The summed E-state index contributed by atoms with van der Waals surface area (Å²) in [4.78, 5) is 25.5. The Labute approximate surface area is 115 Å². The van der Waals surface area contributed by atoms with E-state index < -0.39 is 12.0 Å². The molecule has 0 radical (unpaired) electrons. The quantitative estimate of drug-likeness (QED) is 0.836. The summed E-state index contributed by atoms with van der Waals surface area (Å²) >= 11 is 0. The van der Waals surface area contributed by atoms with Gasteiger partial charge in [0, 0.05) is 12.5 Å². The minimum absolute atomic E-state index is 0.0312. The Morgan fingerprint density at radius 3 is 2.53 bits per heavy atom. The number of likely N-dealkylation sites (tertiary alicyclic amines) is 1. The van der Waals surface area contributed by atoms with Gasteiger partial charge in [0.15, 0.2) is 0 Å². The van der Waals surface area contributed by atoms with Crippen LogP contribution in [0.4, 0.5) is 0 Å². The number of aliphatic carboxylic acids is 1. The maximum atomic E-state index is 12.6. The van der Waals surface area contributed by atoms with Gasteiger partial charge in [0.05, 0.1) is 0 Å². The number of rotatable bonds is 2. The van der Waals surface area contributed by atoms with E-state index in [2.05, 4.69) is 13.8 Å². The van der Waals surface area contributed by atoms with Crippen LogP contribution in [0.1, 0.15) is 58.8 Å². The summed E-state index contributed by atoms with van der Waals surface area (Å²) in [6, 6.07) is -0.591. The van der Waals surface area contributed by atoms with E-state index in [1.807, 2.05) is 0 Å². The predicted octanol–water partition coefficient (Wildman–Crippen LogP) is 2.67. The Morgan fingerprint density at radius 1 is 1.16 bits per heavy atom. The second-order valence-electron chi connectivity index (χ2n) is 6.84. The molecule has 1 amide bonds. The van der Waals surface area contributed by atoms with Crippen LogP contribution >= 0.6 is 0 Å². The number of piperidine rings is 1. The lowest BCUT2D eigenvalue weighted by atomic mass is 9.71. The largest absolute Gasteiger partial charge is 0.480 e. The van der Waals surface area contributed by atoms with Gasteiger partial charge in [-0.2, -0.15) is 0 Å². The fraction of sp³-hybridized carbons (Fsp3) is 0.867. The van der Waals surface area contributed by atoms with Crippen molar-refractivity contribution in [3.63, 3.8) is 0 Å². The molecule has 2 atom stereocenters. The fourth-order valence-corrected chi connectivity index (χ4v) is 3.60. The van der Waals surface area contributed by atoms with E-state index in [1.54, 1.807) is 4.90 Å². The molecule has 2 rings (SSSR count). The summed E-state index contributed by atoms with van der Waals surface area (Å²) < 4.78 is 0. The number of carbonyl (C=O) groups excluding carboxylic acids is 1. The summed E-state index contributed by atoms with van der Waals surface area (Å²) in [7, 11) is 0. The van der Waals surface area contributed by atoms with Crippen molar-refractivity contribution in [1.29, 1.82) is 0 Å². The summed E-state index contributed by atoms with van der Waals surface area (Å²) in [6.45, 7) is 5.03. The third-order valence-corrected chi connectivity index (χ3v) is 4.63. The second-order valence-corrected chi connectivity index (χ2v) is 6.84. The standard InChI is InChI=1S/C15H25NO3/c1-15(2)8-5-6-11(10-15)13(17)16-9-4-3-7-12(16)14(18)19/h11-12H,3-10H2,1-2H3,(H,18,19). The highest BCUT2D eigenvalue weighted by Gasteiger charge is 2.38. The molecule has 2 unspecified atom stereocenters. The molecule has 108 valence electrons. The van der Waals surface area contributed by atoms with Crippen molar-refractivity contribution in [2.75, 3.05) is 6.54 Å². The average Bonchev–Trinajstić information content (AvgIpc) is 2.36. The van der Waals surface area contributed by atoms with Crippen LogP contribution < -0.4 is 0 Å². The third kappa shape index (κ3) is 3.28. The normalized spacial score (nSPS) is 30.9. The van der Waals surface area contributed by atoms with E-state index in [9.17, 15) is 14.7 Å². The molecule has 2 fully saturated rings. The maximum Gasteiger partial charge on any atom is 0.326 e. The lowest BCUT2D eigenvalue weighted by molar-refractivity contribution is -0.155. The Kier molecular flexibility index (Phi) is 4.16. The van der Waals surface area contributed by atoms with Crippen LogP contribution in [0.2, 0.25) is 0 Å². The van der Waals surface area contributed by atoms with Gasteiger partial charge in [-0.05, 0) is 43.9 Å². The molecule has 1 heterocycles. The number of hydrogen-bond donors (Lipinski definition) is 1. The average molecular weight is 267 g/mol. The van der Waals surface area contributed by atoms with Gasteiger partial charge in [0.25, 0.3) is 0 Å². The van der Waals surface area contributed by atoms with Crippen molar-refractivity contribution >= 4 is 11.9 Å². The van der Waals surface area contributed by atoms with E-state index in [0.717, 1.165) is 32.1 Å². The fourth-order valence-electron chi connectivity index (χ4n) is 3.60. The first kappa shape index (κ1) is 14.4. The van der Waals surface area contributed by atoms with Crippen LogP contribution in [0.15, 0.2) is 0 Å². The minimum atomic E-state index is -0.844. The zero-order chi connectivity index (χ0) is 14.0. The Hall–Kier alpha value is -1.06. The highest BCUT2D eigenvalue weighted by molar-refractivity contribution is 5.85. The van der Waals surface area contributed by atoms with Crippen LogP contribution in [-0.4, -0.2) is 34.5 Å². The molecular weight excluding hydrogens is 242 g/mol. The van der Waals surface area contributed by atoms with Crippen LogP contribution in [0.5, 0.6) is 0 Å². The predicted molar refractivity (Wildman–Crippen MR) is 72.7 cm³/mol. The van der Waals surface area contributed by atoms with Crippen molar-refractivity contribution in [3.8, 4) is 0 Å². The molecular formula is C15H25NO3. The molecule has 4 nitrogen and oxygen atoms in total. The van der Waals surface area contributed by atoms with E-state index in [1.165, 1.54) is 6.42 Å². The molecule has 1 aliphatic heterocycles. The van der Waals surface area contributed by atoms with Crippen molar-refractivity contribution in [3.05, 3.63) is 0 Å². The van der Waals surface area contributed by atoms with Gasteiger partial charge in [-0.15, -0.1) is 0 Å². The number of carbonyl (C=O) groups is 2. The van der Waals surface area contributed by atoms with Crippen molar-refractivity contribution in [1.82, 2.24) is 4.90 Å². The van der Waals surface area contributed by atoms with Gasteiger partial charge in [-0.25, -0.2) is 4.79 Å². The van der Waals surface area contributed by atoms with Crippen molar-refractivity contribution in [2.24, 2.45) is 11.3 Å². The smallest absolute Gasteiger partial charge is 0.326 e. The number of amides is 1. The molecule has 2 aliphatic rings. The zero-order valence-corrected chi connectivity index (χ0v) is 12.0. The maximum absolute atomic E-state index is 12.6. The van der Waals surface area contributed by atoms with Crippen molar-refractivity contribution < 1.29 is 14.7 Å². The number of hydrogen-bond acceptors (Lipinski definition) is 2. The molecule has 1 N–H and O–H groups in total. The summed E-state index contributed by atoms with van der Waals surface area (Å²) in [5.74, 6) is -0.730. The van der Waals surface area contributed by atoms with Crippen LogP contribution in [0.25, 0.3) is 0 Å². The van der Waals surface area contributed by atoms with Gasteiger partial charge < -0.3 is 10.0 Å². The monoisotopic (exact) mass is 267 g/mol. The molecule has 1 aliphatic carbocycles. The number of carboxylic acid groups (broad SMARTS) is 1. The molecule has 0 aromatic carbocycles. The summed E-state index contributed by atoms with van der Waals surface area (Å²) in [5, 5.41) is 9.26. The molecule has 1 saturated heterocycles. The topological polar surface area (TPSA) is 57.6 Å². The van der Waals surface area contributed by atoms with Crippen molar-refractivity contribution in [2.45, 2.75) is 64.8 Å². The Morgan fingerprint density at radius 2 is 1.89 bits per heavy atom. The van der Waals surface area contributed by atoms with Crippen LogP contribution in [-0.2, 0) is 9.59 Å². The first-order chi connectivity index (χ1) is 8.91. The summed E-state index contributed by atoms with van der Waals surface area (Å²) in [6.07, 6.45) is 6.52. The molecule has 0 aromatic heterocycles. The molecule has 0 spiro atoms. The second kappa shape index (κ2) is 5.51. The Balaban J connectivity index is 2.06. The van der Waals surface area contributed by atoms with E-state index >= 15 is 0 Å². The molecule has 0 aromatic rings. The first-order valence-electron chi connectivity index (χ1n) is 7.44. The molecule has 0 bridgehead atoms. The highest BCUT2D eigenvalue weighted by atomic mass is 16.4. The molecule has 19 heavy (non-hydrogen) atoms. The van der Waals surface area contributed by atoms with E-state index in [4.69, 9.17) is 0 Å². The van der Waals surface area contributed by atoms with Gasteiger partial charge in [-0.1, -0.05) is 20.3 Å². The van der Waals surface area contributed by atoms with Gasteiger partial charge >= 0.3 is 5.97 Å². The van der Waals surface area contributed by atoms with E-state index in [0.29, 0.717) is 13.0 Å². The number of carboxylic acids is 1. The zero-order valence-electron chi connectivity index (χ0n) is 12.0. The minimum Gasteiger partial charge on any atom is -0.480 e. The molecule has 4 heteroatoms. The SMILES string of the molecule is CC1(C)CCCC(C(=O)N2CCCCC2C(=O)O)C1. The Bertz CT molecular complexity index is 364. The number of nitrogens with zero attached hydrogens (tertiary/aromatic N) is 1. The lowest BCUT2D eigenvalue weighted by Gasteiger charge is -2.40. The lowest BCUT2D eigenvalue weighted by Crippen LogP contribution is -2.51. The molecule has 1 saturated carbocycles.